The minimum absolute atomic E-state index is 0.129. The van der Waals surface area contributed by atoms with Gasteiger partial charge in [-0.25, -0.2) is 0 Å². The Morgan fingerprint density at radius 2 is 1.94 bits per heavy atom. The Balaban J connectivity index is 1.72. The normalized spacial score (nSPS) is 15.4. The monoisotopic (exact) mass is 510 g/mol. The molecule has 0 amide bonds. The molecule has 0 saturated carbocycles. The van der Waals surface area contributed by atoms with Gasteiger partial charge in [-0.05, 0) is 35.4 Å². The Kier molecular flexibility index (Phi) is 6.25. The van der Waals surface area contributed by atoms with Gasteiger partial charge >= 0.3 is 6.18 Å². The summed E-state index contributed by atoms with van der Waals surface area (Å²) in [5, 5.41) is 15.9. The van der Waals surface area contributed by atoms with Crippen LogP contribution in [0.25, 0.3) is 0 Å². The molecule has 1 atom stereocenters. The first-order valence-corrected chi connectivity index (χ1v) is 10.4. The van der Waals surface area contributed by atoms with Crippen LogP contribution in [0.4, 0.5) is 13.2 Å². The fourth-order valence-electron chi connectivity index (χ4n) is 3.57. The van der Waals surface area contributed by atoms with Crippen molar-refractivity contribution in [3.05, 3.63) is 80.3 Å². The molecule has 3 aromatic rings. The molecule has 1 unspecified atom stereocenters. The fraction of sp³-hybridized carbons (Fsp3) is 0.182. The SMILES string of the molecule is COc1cc(C2C(C#N)=C(N)Oc3n[nH]c(C(F)(F)F)c32)ccc1OCc1ccc(Cl)c(Cl)c1. The summed E-state index contributed by atoms with van der Waals surface area (Å²) in [5.41, 5.74) is 5.19. The topological polar surface area (TPSA) is 106 Å². The number of nitrogens with zero attached hydrogens (tertiary/aromatic N) is 2. The molecule has 2 aromatic carbocycles. The molecule has 34 heavy (non-hydrogen) atoms. The lowest BCUT2D eigenvalue weighted by Gasteiger charge is -2.25. The molecule has 0 fully saturated rings. The average Bonchev–Trinajstić information content (AvgIpc) is 3.22. The summed E-state index contributed by atoms with van der Waals surface area (Å²) in [7, 11) is 1.38. The van der Waals surface area contributed by atoms with Crippen LogP contribution in [0.3, 0.4) is 0 Å². The van der Waals surface area contributed by atoms with Crippen molar-refractivity contribution >= 4 is 23.2 Å². The summed E-state index contributed by atoms with van der Waals surface area (Å²) >= 11 is 11.9. The molecule has 176 valence electrons. The Morgan fingerprint density at radius 1 is 1.18 bits per heavy atom. The van der Waals surface area contributed by atoms with E-state index in [1.807, 2.05) is 11.2 Å². The van der Waals surface area contributed by atoms with E-state index >= 15 is 0 Å². The van der Waals surface area contributed by atoms with Gasteiger partial charge in [0.25, 0.3) is 0 Å². The zero-order chi connectivity index (χ0) is 24.6. The van der Waals surface area contributed by atoms with Gasteiger partial charge in [-0.1, -0.05) is 35.3 Å². The Hall–Kier alpha value is -3.55. The number of halogens is 5. The van der Waals surface area contributed by atoms with Crippen LogP contribution in [0.15, 0.2) is 47.9 Å². The van der Waals surface area contributed by atoms with Crippen LogP contribution in [0.2, 0.25) is 10.0 Å². The average molecular weight is 511 g/mol. The molecular weight excluding hydrogens is 496 g/mol. The molecule has 12 heteroatoms. The molecule has 0 saturated heterocycles. The molecule has 1 aliphatic heterocycles. The summed E-state index contributed by atoms with van der Waals surface area (Å²) in [4.78, 5) is 0. The highest BCUT2D eigenvalue weighted by molar-refractivity contribution is 6.42. The van der Waals surface area contributed by atoms with Crippen molar-refractivity contribution < 1.29 is 27.4 Å². The predicted molar refractivity (Wildman–Crippen MR) is 117 cm³/mol. The number of H-pyrrole nitrogens is 1. The van der Waals surface area contributed by atoms with E-state index in [1.54, 1.807) is 18.2 Å². The third-order valence-electron chi connectivity index (χ3n) is 5.12. The molecule has 0 radical (unpaired) electrons. The maximum Gasteiger partial charge on any atom is 0.433 e. The van der Waals surface area contributed by atoms with E-state index in [0.29, 0.717) is 21.4 Å². The van der Waals surface area contributed by atoms with Gasteiger partial charge in [-0.2, -0.15) is 18.4 Å². The first kappa shape index (κ1) is 23.6. The number of hydrogen-bond donors (Lipinski definition) is 2. The number of nitrogens with two attached hydrogens (primary N) is 1. The summed E-state index contributed by atoms with van der Waals surface area (Å²) in [5.74, 6) is -1.32. The molecule has 0 aliphatic carbocycles. The minimum atomic E-state index is -4.76. The van der Waals surface area contributed by atoms with Gasteiger partial charge in [0.1, 0.15) is 23.9 Å². The van der Waals surface area contributed by atoms with Crippen LogP contribution in [-0.2, 0) is 12.8 Å². The van der Waals surface area contributed by atoms with E-state index in [-0.39, 0.29) is 35.3 Å². The van der Waals surface area contributed by atoms with Gasteiger partial charge in [0.15, 0.2) is 11.5 Å². The summed E-state index contributed by atoms with van der Waals surface area (Å²) in [6, 6.07) is 11.4. The van der Waals surface area contributed by atoms with E-state index in [1.165, 1.54) is 25.3 Å². The molecule has 3 N–H and O–H groups in total. The van der Waals surface area contributed by atoms with Crippen LogP contribution in [-0.4, -0.2) is 17.3 Å². The van der Waals surface area contributed by atoms with Crippen molar-refractivity contribution in [3.8, 4) is 23.4 Å². The predicted octanol–water partition coefficient (Wildman–Crippen LogP) is 5.54. The highest BCUT2D eigenvalue weighted by Crippen LogP contribution is 2.48. The molecular formula is C22H15Cl2F3N4O3. The van der Waals surface area contributed by atoms with E-state index < -0.39 is 17.8 Å². The lowest BCUT2D eigenvalue weighted by molar-refractivity contribution is -0.141. The van der Waals surface area contributed by atoms with Crippen LogP contribution < -0.4 is 19.9 Å². The first-order valence-electron chi connectivity index (χ1n) is 9.61. The molecule has 0 spiro atoms. The number of allylic oxidation sites excluding steroid dienone is 1. The highest BCUT2D eigenvalue weighted by atomic mass is 35.5. The number of alkyl halides is 3. The number of ether oxygens (including phenoxy) is 3. The summed E-state index contributed by atoms with van der Waals surface area (Å²) in [6.07, 6.45) is -4.76. The lowest BCUT2D eigenvalue weighted by Crippen LogP contribution is -2.23. The van der Waals surface area contributed by atoms with Crippen LogP contribution in [0.5, 0.6) is 17.4 Å². The Bertz CT molecular complexity index is 1330. The number of fused-ring (bicyclic) bond motifs is 1. The smallest absolute Gasteiger partial charge is 0.433 e. The van der Waals surface area contributed by atoms with Crippen molar-refractivity contribution in [2.45, 2.75) is 18.7 Å². The first-order chi connectivity index (χ1) is 16.1. The largest absolute Gasteiger partial charge is 0.493 e. The van der Waals surface area contributed by atoms with Gasteiger partial charge in [0, 0.05) is 0 Å². The lowest BCUT2D eigenvalue weighted by atomic mass is 9.83. The number of aromatic amines is 1. The minimum Gasteiger partial charge on any atom is -0.493 e. The Labute approximate surface area is 201 Å². The van der Waals surface area contributed by atoms with E-state index in [9.17, 15) is 18.4 Å². The maximum atomic E-state index is 13.6. The number of aromatic nitrogens is 2. The van der Waals surface area contributed by atoms with Crippen molar-refractivity contribution in [2.24, 2.45) is 5.73 Å². The third-order valence-corrected chi connectivity index (χ3v) is 5.86. The number of rotatable bonds is 5. The molecule has 4 rings (SSSR count). The Morgan fingerprint density at radius 3 is 2.59 bits per heavy atom. The van der Waals surface area contributed by atoms with E-state index in [4.69, 9.17) is 43.1 Å². The number of nitriles is 1. The maximum absolute atomic E-state index is 13.6. The molecule has 1 aromatic heterocycles. The number of nitrogens with one attached hydrogen (secondary N) is 1. The van der Waals surface area contributed by atoms with Crippen molar-refractivity contribution in [1.29, 1.82) is 5.26 Å². The zero-order valence-corrected chi connectivity index (χ0v) is 18.8. The molecule has 0 bridgehead atoms. The number of hydrogen-bond acceptors (Lipinski definition) is 6. The number of methoxy groups -OCH3 is 1. The van der Waals surface area contributed by atoms with Crippen LogP contribution >= 0.6 is 23.2 Å². The summed E-state index contributed by atoms with van der Waals surface area (Å²) < 4.78 is 57.3. The highest BCUT2D eigenvalue weighted by Gasteiger charge is 2.44. The second-order valence-electron chi connectivity index (χ2n) is 7.19. The standard InChI is InChI=1S/C22H15Cl2F3N4O3/c1-32-16-7-11(3-5-15(16)33-9-10-2-4-13(23)14(24)6-10)17-12(8-28)20(29)34-21-18(17)19(30-31-21)22(25,26)27/h2-7,17H,9,29H2,1H3,(H,30,31). The van der Waals surface area contributed by atoms with Gasteiger partial charge in [0.2, 0.25) is 11.8 Å². The molecule has 7 nitrogen and oxygen atoms in total. The van der Waals surface area contributed by atoms with E-state index in [0.717, 1.165) is 5.56 Å². The van der Waals surface area contributed by atoms with E-state index in [2.05, 4.69) is 5.10 Å². The van der Waals surface area contributed by atoms with Gasteiger partial charge < -0.3 is 19.9 Å². The molecule has 2 heterocycles. The second-order valence-corrected chi connectivity index (χ2v) is 8.00. The van der Waals surface area contributed by atoms with Crippen LogP contribution in [0.1, 0.15) is 28.3 Å². The van der Waals surface area contributed by atoms with Gasteiger partial charge in [-0.3, -0.25) is 5.10 Å². The zero-order valence-electron chi connectivity index (χ0n) is 17.3. The number of benzene rings is 2. The van der Waals surface area contributed by atoms with Gasteiger partial charge in [-0.15, -0.1) is 5.10 Å². The van der Waals surface area contributed by atoms with Gasteiger partial charge in [0.05, 0.1) is 28.6 Å². The molecule has 1 aliphatic rings. The van der Waals surface area contributed by atoms with Crippen LogP contribution in [0, 0.1) is 11.3 Å². The quantitative estimate of drug-likeness (QED) is 0.466. The van der Waals surface area contributed by atoms with Crippen molar-refractivity contribution in [1.82, 2.24) is 10.2 Å². The third kappa shape index (κ3) is 4.32. The fourth-order valence-corrected chi connectivity index (χ4v) is 3.89. The second kappa shape index (κ2) is 9.00. The van der Waals surface area contributed by atoms with Crippen molar-refractivity contribution in [3.63, 3.8) is 0 Å². The summed E-state index contributed by atoms with van der Waals surface area (Å²) in [6.45, 7) is 0.129. The van der Waals surface area contributed by atoms with Crippen molar-refractivity contribution in [2.75, 3.05) is 7.11 Å².